The van der Waals surface area contributed by atoms with E-state index in [1.165, 1.54) is 0 Å². The zero-order chi connectivity index (χ0) is 9.97. The minimum atomic E-state index is 0.339. The predicted octanol–water partition coefficient (Wildman–Crippen LogP) is 1.33. The molecule has 0 aromatic carbocycles. The molecule has 2 rings (SSSR count). The minimum Gasteiger partial charge on any atom is -0.480 e. The van der Waals surface area contributed by atoms with Crippen molar-refractivity contribution in [2.24, 2.45) is 0 Å². The molecule has 0 amide bonds. The van der Waals surface area contributed by atoms with Crippen LogP contribution in [0.25, 0.3) is 11.3 Å². The van der Waals surface area contributed by atoms with Crippen molar-refractivity contribution in [1.82, 2.24) is 10.1 Å². The van der Waals surface area contributed by atoms with Gasteiger partial charge in [0.2, 0.25) is 5.88 Å². The smallest absolute Gasteiger partial charge is 0.224 e. The van der Waals surface area contributed by atoms with Gasteiger partial charge in [-0.15, -0.1) is 0 Å². The van der Waals surface area contributed by atoms with Crippen molar-refractivity contribution >= 4 is 5.82 Å². The van der Waals surface area contributed by atoms with Crippen LogP contribution in [0, 0.1) is 0 Å². The van der Waals surface area contributed by atoms with Gasteiger partial charge < -0.3 is 15.0 Å². The van der Waals surface area contributed by atoms with Crippen LogP contribution >= 0.6 is 0 Å². The first-order chi connectivity index (χ1) is 6.81. The Kier molecular flexibility index (Phi) is 2.06. The number of pyridine rings is 1. The van der Waals surface area contributed by atoms with Gasteiger partial charge in [-0.3, -0.25) is 0 Å². The van der Waals surface area contributed by atoms with Crippen LogP contribution in [-0.2, 0) is 0 Å². The number of hydrogen-bond donors (Lipinski definition) is 1. The van der Waals surface area contributed by atoms with E-state index in [0.717, 1.165) is 5.56 Å². The molecule has 14 heavy (non-hydrogen) atoms. The van der Waals surface area contributed by atoms with Gasteiger partial charge in [-0.2, -0.15) is 0 Å². The summed E-state index contributed by atoms with van der Waals surface area (Å²) in [4.78, 5) is 4.03. The molecule has 2 aromatic heterocycles. The highest BCUT2D eigenvalue weighted by Gasteiger charge is 2.10. The maximum atomic E-state index is 5.44. The van der Waals surface area contributed by atoms with E-state index in [0.29, 0.717) is 17.5 Å². The first-order valence-electron chi connectivity index (χ1n) is 4.03. The fraction of sp³-hybridized carbons (Fsp3) is 0.111. The van der Waals surface area contributed by atoms with Crippen molar-refractivity contribution in [2.45, 2.75) is 0 Å². The SMILES string of the molecule is COc1ncccc1-c1cc(N)no1. The number of hydrogen-bond acceptors (Lipinski definition) is 5. The second-order valence-corrected chi connectivity index (χ2v) is 2.68. The van der Waals surface area contributed by atoms with Crippen molar-refractivity contribution < 1.29 is 9.26 Å². The number of nitrogens with zero attached hydrogens (tertiary/aromatic N) is 2. The molecule has 0 spiro atoms. The van der Waals surface area contributed by atoms with Crippen molar-refractivity contribution in [1.29, 1.82) is 0 Å². The van der Waals surface area contributed by atoms with E-state index >= 15 is 0 Å². The Hall–Kier alpha value is -2.04. The normalized spacial score (nSPS) is 10.1. The van der Waals surface area contributed by atoms with Gasteiger partial charge in [0.25, 0.3) is 0 Å². The Morgan fingerprint density at radius 3 is 3.00 bits per heavy atom. The molecule has 2 heterocycles. The Morgan fingerprint density at radius 2 is 2.36 bits per heavy atom. The van der Waals surface area contributed by atoms with Crippen LogP contribution in [0.4, 0.5) is 5.82 Å². The van der Waals surface area contributed by atoms with Crippen LogP contribution < -0.4 is 10.5 Å². The summed E-state index contributed by atoms with van der Waals surface area (Å²) in [5.74, 6) is 1.38. The van der Waals surface area contributed by atoms with E-state index in [4.69, 9.17) is 15.0 Å². The molecule has 0 fully saturated rings. The van der Waals surface area contributed by atoms with Crippen molar-refractivity contribution in [3.8, 4) is 17.2 Å². The van der Waals surface area contributed by atoms with E-state index in [1.54, 1.807) is 25.4 Å². The first-order valence-corrected chi connectivity index (χ1v) is 4.03. The van der Waals surface area contributed by atoms with Crippen molar-refractivity contribution in [3.05, 3.63) is 24.4 Å². The topological polar surface area (TPSA) is 74.2 Å². The molecule has 0 atom stereocenters. The predicted molar refractivity (Wildman–Crippen MR) is 50.7 cm³/mol. The third-order valence-corrected chi connectivity index (χ3v) is 1.76. The van der Waals surface area contributed by atoms with E-state index in [2.05, 4.69) is 10.1 Å². The molecule has 0 aliphatic heterocycles. The molecule has 0 radical (unpaired) electrons. The second kappa shape index (κ2) is 3.37. The summed E-state index contributed by atoms with van der Waals surface area (Å²) in [5.41, 5.74) is 6.18. The fourth-order valence-electron chi connectivity index (χ4n) is 1.16. The summed E-state index contributed by atoms with van der Waals surface area (Å²) in [6.45, 7) is 0. The van der Waals surface area contributed by atoms with Crippen LogP contribution in [0.2, 0.25) is 0 Å². The summed E-state index contributed by atoms with van der Waals surface area (Å²) in [6.07, 6.45) is 1.64. The molecular formula is C9H9N3O2. The van der Waals surface area contributed by atoms with Crippen LogP contribution in [0.5, 0.6) is 5.88 Å². The van der Waals surface area contributed by atoms with Gasteiger partial charge in [0.15, 0.2) is 11.6 Å². The lowest BCUT2D eigenvalue weighted by atomic mass is 10.2. The fourth-order valence-corrected chi connectivity index (χ4v) is 1.16. The van der Waals surface area contributed by atoms with Gasteiger partial charge in [-0.25, -0.2) is 4.98 Å². The number of methoxy groups -OCH3 is 1. The average Bonchev–Trinajstić information content (AvgIpc) is 2.65. The van der Waals surface area contributed by atoms with Gasteiger partial charge in [0.1, 0.15) is 0 Å². The highest BCUT2D eigenvalue weighted by atomic mass is 16.5. The number of ether oxygens (including phenoxy) is 1. The lowest BCUT2D eigenvalue weighted by Crippen LogP contribution is -1.89. The minimum absolute atomic E-state index is 0.339. The molecule has 5 nitrogen and oxygen atoms in total. The van der Waals surface area contributed by atoms with Crippen molar-refractivity contribution in [2.75, 3.05) is 12.8 Å². The lowest BCUT2D eigenvalue weighted by Gasteiger charge is -2.01. The quantitative estimate of drug-likeness (QED) is 0.775. The second-order valence-electron chi connectivity index (χ2n) is 2.68. The Labute approximate surface area is 80.5 Å². The molecule has 0 unspecified atom stereocenters. The van der Waals surface area contributed by atoms with Crippen LogP contribution in [0.3, 0.4) is 0 Å². The van der Waals surface area contributed by atoms with Crippen LogP contribution in [-0.4, -0.2) is 17.3 Å². The third kappa shape index (κ3) is 1.39. The summed E-state index contributed by atoms with van der Waals surface area (Å²) >= 11 is 0. The monoisotopic (exact) mass is 191 g/mol. The standard InChI is InChI=1S/C9H9N3O2/c1-13-9-6(3-2-4-11-9)7-5-8(10)12-14-7/h2-5H,1H3,(H2,10,12). The summed E-state index contributed by atoms with van der Waals surface area (Å²) in [6, 6.07) is 5.24. The number of nitrogens with two attached hydrogens (primary N) is 1. The molecule has 5 heteroatoms. The molecule has 0 bridgehead atoms. The number of anilines is 1. The Morgan fingerprint density at radius 1 is 1.50 bits per heavy atom. The van der Waals surface area contributed by atoms with Crippen molar-refractivity contribution in [3.63, 3.8) is 0 Å². The summed E-state index contributed by atoms with van der Waals surface area (Å²) in [5, 5.41) is 3.59. The van der Waals surface area contributed by atoms with Gasteiger partial charge in [0, 0.05) is 12.3 Å². The molecule has 2 aromatic rings. The molecule has 0 aliphatic carbocycles. The zero-order valence-corrected chi connectivity index (χ0v) is 7.60. The highest BCUT2D eigenvalue weighted by Crippen LogP contribution is 2.28. The van der Waals surface area contributed by atoms with E-state index in [1.807, 2.05) is 6.07 Å². The number of nitrogen functional groups attached to an aromatic ring is 1. The summed E-state index contributed by atoms with van der Waals surface area (Å²) < 4.78 is 10.1. The van der Waals surface area contributed by atoms with Gasteiger partial charge >= 0.3 is 0 Å². The zero-order valence-electron chi connectivity index (χ0n) is 7.60. The molecular weight excluding hydrogens is 182 g/mol. The number of rotatable bonds is 2. The Bertz CT molecular complexity index is 439. The Balaban J connectivity index is 2.50. The molecule has 0 saturated carbocycles. The van der Waals surface area contributed by atoms with E-state index in [9.17, 15) is 0 Å². The first kappa shape index (κ1) is 8.55. The van der Waals surface area contributed by atoms with Gasteiger partial charge in [0.05, 0.1) is 12.7 Å². The lowest BCUT2D eigenvalue weighted by molar-refractivity contribution is 0.393. The van der Waals surface area contributed by atoms with Gasteiger partial charge in [-0.1, -0.05) is 5.16 Å². The van der Waals surface area contributed by atoms with E-state index < -0.39 is 0 Å². The largest absolute Gasteiger partial charge is 0.480 e. The van der Waals surface area contributed by atoms with Crippen LogP contribution in [0.1, 0.15) is 0 Å². The number of aromatic nitrogens is 2. The molecule has 2 N–H and O–H groups in total. The van der Waals surface area contributed by atoms with E-state index in [-0.39, 0.29) is 0 Å². The molecule has 72 valence electrons. The maximum Gasteiger partial charge on any atom is 0.224 e. The average molecular weight is 191 g/mol. The van der Waals surface area contributed by atoms with Crippen LogP contribution in [0.15, 0.2) is 28.9 Å². The molecule has 0 saturated heterocycles. The summed E-state index contributed by atoms with van der Waals surface area (Å²) in [7, 11) is 1.55. The maximum absolute atomic E-state index is 5.44. The highest BCUT2D eigenvalue weighted by molar-refractivity contribution is 5.64. The van der Waals surface area contributed by atoms with Gasteiger partial charge in [-0.05, 0) is 12.1 Å². The third-order valence-electron chi connectivity index (χ3n) is 1.76. The molecule has 0 aliphatic rings.